The van der Waals surface area contributed by atoms with Crippen LogP contribution >= 0.6 is 0 Å². The first kappa shape index (κ1) is 11.8. The third-order valence-corrected chi connectivity index (χ3v) is 3.01. The van der Waals surface area contributed by atoms with Gasteiger partial charge in [-0.1, -0.05) is 18.2 Å². The average Bonchev–Trinajstić information content (AvgIpc) is 2.81. The smallest absolute Gasteiger partial charge is 0.359 e. The van der Waals surface area contributed by atoms with E-state index in [0.29, 0.717) is 5.56 Å². The molecule has 0 saturated heterocycles. The highest BCUT2D eigenvalue weighted by Gasteiger charge is 2.33. The van der Waals surface area contributed by atoms with Crippen LogP contribution in [0.4, 0.5) is 13.2 Å². The number of nitrogens with one attached hydrogen (secondary N) is 1. The number of aromatic nitrogens is 2. The summed E-state index contributed by atoms with van der Waals surface area (Å²) in [6.07, 6.45) is 0.370. The maximum atomic E-state index is 13.0. The molecule has 1 aromatic carbocycles. The Morgan fingerprint density at radius 3 is 2.58 bits per heavy atom. The van der Waals surface area contributed by atoms with E-state index < -0.39 is 11.7 Å². The molecule has 0 aliphatic carbocycles. The van der Waals surface area contributed by atoms with Gasteiger partial charge in [0.15, 0.2) is 0 Å². The molecular weight excluding hydrogens is 253 g/mol. The standard InChI is InChI=1S/C14H9F3N2/c15-14(16,17)12-4-2-1-3-9(12)11-7-19-13-8-18-6-5-10(11)13/h1-8,19H. The minimum absolute atomic E-state index is 0.174. The van der Waals surface area contributed by atoms with Crippen LogP contribution in [-0.4, -0.2) is 9.97 Å². The van der Waals surface area contributed by atoms with Crippen LogP contribution in [0.3, 0.4) is 0 Å². The van der Waals surface area contributed by atoms with E-state index in [-0.39, 0.29) is 5.56 Å². The van der Waals surface area contributed by atoms with Gasteiger partial charge in [-0.15, -0.1) is 0 Å². The molecule has 0 aliphatic heterocycles. The number of nitrogens with zero attached hydrogens (tertiary/aromatic N) is 1. The summed E-state index contributed by atoms with van der Waals surface area (Å²) < 4.78 is 39.1. The number of hydrogen-bond donors (Lipinski definition) is 1. The van der Waals surface area contributed by atoms with Gasteiger partial charge in [-0.2, -0.15) is 13.2 Å². The van der Waals surface area contributed by atoms with Crippen LogP contribution in [0.15, 0.2) is 48.9 Å². The van der Waals surface area contributed by atoms with Crippen molar-refractivity contribution >= 4 is 10.9 Å². The molecule has 1 N–H and O–H groups in total. The lowest BCUT2D eigenvalue weighted by molar-refractivity contribution is -0.137. The van der Waals surface area contributed by atoms with E-state index in [4.69, 9.17) is 0 Å². The fourth-order valence-corrected chi connectivity index (χ4v) is 2.16. The maximum absolute atomic E-state index is 13.0. The Bertz CT molecular complexity index is 729. The zero-order valence-electron chi connectivity index (χ0n) is 9.70. The number of H-pyrrole nitrogens is 1. The normalized spacial score (nSPS) is 11.9. The molecular formula is C14H9F3N2. The lowest BCUT2D eigenvalue weighted by Crippen LogP contribution is -2.06. The Labute approximate surface area is 106 Å². The van der Waals surface area contributed by atoms with Crippen molar-refractivity contribution in [2.75, 3.05) is 0 Å². The van der Waals surface area contributed by atoms with Crippen LogP contribution in [0.5, 0.6) is 0 Å². The fourth-order valence-electron chi connectivity index (χ4n) is 2.16. The van der Waals surface area contributed by atoms with Crippen molar-refractivity contribution in [1.29, 1.82) is 0 Å². The van der Waals surface area contributed by atoms with E-state index in [1.807, 2.05) is 0 Å². The van der Waals surface area contributed by atoms with E-state index in [9.17, 15) is 13.2 Å². The Morgan fingerprint density at radius 2 is 1.79 bits per heavy atom. The zero-order valence-corrected chi connectivity index (χ0v) is 9.70. The zero-order chi connectivity index (χ0) is 13.5. The summed E-state index contributed by atoms with van der Waals surface area (Å²) in [7, 11) is 0. The molecule has 0 amide bonds. The van der Waals surface area contributed by atoms with E-state index in [2.05, 4.69) is 9.97 Å². The van der Waals surface area contributed by atoms with E-state index in [1.165, 1.54) is 12.1 Å². The van der Waals surface area contributed by atoms with Crippen LogP contribution < -0.4 is 0 Å². The lowest BCUT2D eigenvalue weighted by atomic mass is 9.99. The maximum Gasteiger partial charge on any atom is 0.417 e. The molecule has 0 saturated carbocycles. The third kappa shape index (κ3) is 1.97. The Morgan fingerprint density at radius 1 is 1.00 bits per heavy atom. The van der Waals surface area contributed by atoms with Gasteiger partial charge in [0.1, 0.15) is 0 Å². The largest absolute Gasteiger partial charge is 0.417 e. The van der Waals surface area contributed by atoms with Crippen LogP contribution in [-0.2, 0) is 6.18 Å². The molecule has 0 radical (unpaired) electrons. The van der Waals surface area contributed by atoms with Crippen molar-refractivity contribution in [1.82, 2.24) is 9.97 Å². The van der Waals surface area contributed by atoms with Gasteiger partial charge < -0.3 is 4.98 Å². The molecule has 0 aliphatic rings. The molecule has 5 heteroatoms. The molecule has 3 aromatic rings. The predicted octanol–water partition coefficient (Wildman–Crippen LogP) is 4.25. The van der Waals surface area contributed by atoms with Gasteiger partial charge in [0, 0.05) is 23.3 Å². The summed E-state index contributed by atoms with van der Waals surface area (Å²) in [6, 6.07) is 7.27. The summed E-state index contributed by atoms with van der Waals surface area (Å²) in [6.45, 7) is 0. The summed E-state index contributed by atoms with van der Waals surface area (Å²) in [5.74, 6) is 0. The predicted molar refractivity (Wildman–Crippen MR) is 66.5 cm³/mol. The first-order valence-corrected chi connectivity index (χ1v) is 5.65. The summed E-state index contributed by atoms with van der Waals surface area (Å²) >= 11 is 0. The Balaban J connectivity index is 2.28. The van der Waals surface area contributed by atoms with E-state index >= 15 is 0 Å². The molecule has 2 heterocycles. The number of fused-ring (bicyclic) bond motifs is 1. The number of halogens is 3. The van der Waals surface area contributed by atoms with E-state index in [0.717, 1.165) is 17.0 Å². The van der Waals surface area contributed by atoms with Crippen molar-refractivity contribution in [3.63, 3.8) is 0 Å². The average molecular weight is 262 g/mol. The molecule has 0 spiro atoms. The molecule has 19 heavy (non-hydrogen) atoms. The number of pyridine rings is 1. The highest BCUT2D eigenvalue weighted by Crippen LogP contribution is 2.39. The second-order valence-corrected chi connectivity index (χ2v) is 4.17. The number of rotatable bonds is 1. The SMILES string of the molecule is FC(F)(F)c1ccccc1-c1c[nH]c2cnccc12. The third-order valence-electron chi connectivity index (χ3n) is 3.01. The molecule has 0 unspecified atom stereocenters. The molecule has 0 fully saturated rings. The molecule has 2 aromatic heterocycles. The quantitative estimate of drug-likeness (QED) is 0.697. The number of alkyl halides is 3. The van der Waals surface area contributed by atoms with Gasteiger partial charge in [0.25, 0.3) is 0 Å². The summed E-state index contributed by atoms with van der Waals surface area (Å²) in [5.41, 5.74) is 0.792. The Hall–Kier alpha value is -2.30. The first-order chi connectivity index (χ1) is 9.07. The number of aromatic amines is 1. The lowest BCUT2D eigenvalue weighted by Gasteiger charge is -2.11. The topological polar surface area (TPSA) is 28.7 Å². The summed E-state index contributed by atoms with van der Waals surface area (Å²) in [5, 5.41) is 0.728. The van der Waals surface area contributed by atoms with Gasteiger partial charge in [-0.25, -0.2) is 0 Å². The van der Waals surface area contributed by atoms with Crippen molar-refractivity contribution in [3.05, 3.63) is 54.5 Å². The van der Waals surface area contributed by atoms with Gasteiger partial charge in [-0.3, -0.25) is 4.98 Å². The van der Waals surface area contributed by atoms with Crippen LogP contribution in [0.2, 0.25) is 0 Å². The Kier molecular flexibility index (Phi) is 2.55. The van der Waals surface area contributed by atoms with Crippen molar-refractivity contribution in [2.45, 2.75) is 6.18 Å². The summed E-state index contributed by atoms with van der Waals surface area (Å²) in [4.78, 5) is 6.87. The molecule has 0 atom stereocenters. The van der Waals surface area contributed by atoms with Crippen molar-refractivity contribution in [2.24, 2.45) is 0 Å². The highest BCUT2D eigenvalue weighted by molar-refractivity contribution is 5.95. The minimum Gasteiger partial charge on any atom is -0.359 e. The van der Waals surface area contributed by atoms with Crippen LogP contribution in [0, 0.1) is 0 Å². The van der Waals surface area contributed by atoms with Gasteiger partial charge in [0.05, 0.1) is 17.3 Å². The second-order valence-electron chi connectivity index (χ2n) is 4.17. The molecule has 0 bridgehead atoms. The minimum atomic E-state index is -4.37. The van der Waals surface area contributed by atoms with Crippen molar-refractivity contribution < 1.29 is 13.2 Å². The highest BCUT2D eigenvalue weighted by atomic mass is 19.4. The number of benzene rings is 1. The van der Waals surface area contributed by atoms with Crippen molar-refractivity contribution in [3.8, 4) is 11.1 Å². The van der Waals surface area contributed by atoms with Gasteiger partial charge in [-0.05, 0) is 17.7 Å². The van der Waals surface area contributed by atoms with Gasteiger partial charge in [0.2, 0.25) is 0 Å². The van der Waals surface area contributed by atoms with Crippen LogP contribution in [0.25, 0.3) is 22.0 Å². The molecule has 2 nitrogen and oxygen atoms in total. The number of hydrogen-bond acceptors (Lipinski definition) is 1. The fraction of sp³-hybridized carbons (Fsp3) is 0.0714. The van der Waals surface area contributed by atoms with E-state index in [1.54, 1.807) is 30.7 Å². The van der Waals surface area contributed by atoms with Crippen LogP contribution in [0.1, 0.15) is 5.56 Å². The van der Waals surface area contributed by atoms with Gasteiger partial charge >= 0.3 is 6.18 Å². The monoisotopic (exact) mass is 262 g/mol. The molecule has 96 valence electrons. The molecule has 3 rings (SSSR count). The second kappa shape index (κ2) is 4.12. The first-order valence-electron chi connectivity index (χ1n) is 5.65.